The third-order valence-corrected chi connectivity index (χ3v) is 2.96. The fraction of sp³-hybridized carbons (Fsp3) is 0.667. The molecular weight excluding hydrogens is 236 g/mol. The van der Waals surface area contributed by atoms with Gasteiger partial charge in [-0.2, -0.15) is 0 Å². The van der Waals surface area contributed by atoms with Crippen LogP contribution in [0, 0.1) is 0 Å². The molecule has 1 saturated heterocycles. The molecule has 1 fully saturated rings. The number of carbonyl (C=O) groups is 2. The topological polar surface area (TPSA) is 70.1 Å². The highest BCUT2D eigenvalue weighted by molar-refractivity contribution is 5.83. The second-order valence-corrected chi connectivity index (χ2v) is 4.70. The van der Waals surface area contributed by atoms with Crippen LogP contribution in [0.4, 0.5) is 4.79 Å². The summed E-state index contributed by atoms with van der Waals surface area (Å²) in [5.41, 5.74) is 0.847. The Hall–Kier alpha value is -1.56. The maximum Gasteiger partial charge on any atom is 0.326 e. The predicted octanol–water partition coefficient (Wildman–Crippen LogP) is 0.788. The average molecular weight is 256 g/mol. The van der Waals surface area contributed by atoms with Crippen LogP contribution in [0.1, 0.15) is 13.3 Å². The van der Waals surface area contributed by atoms with Crippen molar-refractivity contribution in [3.8, 4) is 0 Å². The van der Waals surface area contributed by atoms with Gasteiger partial charge in [-0.15, -0.1) is 0 Å². The number of nitrogens with zero attached hydrogens (tertiary/aromatic N) is 2. The van der Waals surface area contributed by atoms with Crippen LogP contribution in [0.2, 0.25) is 0 Å². The summed E-state index contributed by atoms with van der Waals surface area (Å²) < 4.78 is 5.14. The SMILES string of the molecule is C=C(C)CN(C)C(=O)N1CC(OC)CC1C(=O)O. The molecule has 1 aliphatic heterocycles. The maximum atomic E-state index is 12.1. The Labute approximate surface area is 107 Å². The smallest absolute Gasteiger partial charge is 0.326 e. The number of ether oxygens (including phenoxy) is 1. The van der Waals surface area contributed by atoms with E-state index in [0.717, 1.165) is 5.57 Å². The van der Waals surface area contributed by atoms with Gasteiger partial charge < -0.3 is 19.6 Å². The van der Waals surface area contributed by atoms with Gasteiger partial charge >= 0.3 is 12.0 Å². The standard InChI is InChI=1S/C12H20N2O4/c1-8(2)6-13(3)12(17)14-7-9(18-4)5-10(14)11(15)16/h9-10H,1,5-7H2,2-4H3,(H,15,16). The first kappa shape index (κ1) is 14.5. The lowest BCUT2D eigenvalue weighted by molar-refractivity contribution is -0.141. The van der Waals surface area contributed by atoms with Gasteiger partial charge in [-0.3, -0.25) is 0 Å². The quantitative estimate of drug-likeness (QED) is 0.755. The van der Waals surface area contributed by atoms with Crippen molar-refractivity contribution >= 4 is 12.0 Å². The summed E-state index contributed by atoms with van der Waals surface area (Å²) in [6, 6.07) is -1.11. The third kappa shape index (κ3) is 3.22. The number of likely N-dealkylation sites (tertiary alicyclic amines) is 1. The zero-order valence-electron chi connectivity index (χ0n) is 11.0. The molecule has 0 radical (unpaired) electrons. The Morgan fingerprint density at radius 2 is 2.17 bits per heavy atom. The minimum absolute atomic E-state index is 0.215. The van der Waals surface area contributed by atoms with Crippen molar-refractivity contribution in [3.63, 3.8) is 0 Å². The molecule has 0 aromatic rings. The molecule has 0 spiro atoms. The van der Waals surface area contributed by atoms with E-state index in [4.69, 9.17) is 9.84 Å². The zero-order valence-corrected chi connectivity index (χ0v) is 11.0. The highest BCUT2D eigenvalue weighted by Crippen LogP contribution is 2.21. The summed E-state index contributed by atoms with van der Waals surface area (Å²) in [5, 5.41) is 9.12. The molecule has 18 heavy (non-hydrogen) atoms. The lowest BCUT2D eigenvalue weighted by Crippen LogP contribution is -2.47. The number of hydrogen-bond acceptors (Lipinski definition) is 3. The minimum atomic E-state index is -0.994. The molecule has 0 aromatic carbocycles. The van der Waals surface area contributed by atoms with Crippen LogP contribution >= 0.6 is 0 Å². The summed E-state index contributed by atoms with van der Waals surface area (Å²) in [4.78, 5) is 26.1. The fourth-order valence-corrected chi connectivity index (χ4v) is 2.11. The van der Waals surface area contributed by atoms with E-state index in [-0.39, 0.29) is 12.1 Å². The van der Waals surface area contributed by atoms with Crippen LogP contribution in [-0.4, -0.2) is 66.3 Å². The minimum Gasteiger partial charge on any atom is -0.480 e. The number of likely N-dealkylation sites (N-methyl/N-ethyl adjacent to an activating group) is 1. The van der Waals surface area contributed by atoms with E-state index in [1.54, 1.807) is 7.05 Å². The first-order chi connectivity index (χ1) is 8.36. The number of amides is 2. The monoisotopic (exact) mass is 256 g/mol. The van der Waals surface area contributed by atoms with Gasteiger partial charge in [0, 0.05) is 33.7 Å². The maximum absolute atomic E-state index is 12.1. The molecule has 2 unspecified atom stereocenters. The average Bonchev–Trinajstić information content (AvgIpc) is 2.71. The number of aliphatic carboxylic acids is 1. The number of carboxylic acids is 1. The van der Waals surface area contributed by atoms with Crippen LogP contribution < -0.4 is 0 Å². The second-order valence-electron chi connectivity index (χ2n) is 4.70. The molecule has 0 saturated carbocycles. The lowest BCUT2D eigenvalue weighted by Gasteiger charge is -2.27. The number of urea groups is 1. The van der Waals surface area contributed by atoms with Crippen molar-refractivity contribution in [1.82, 2.24) is 9.80 Å². The van der Waals surface area contributed by atoms with Crippen LogP contribution in [-0.2, 0) is 9.53 Å². The lowest BCUT2D eigenvalue weighted by atomic mass is 10.2. The molecule has 0 aliphatic carbocycles. The largest absolute Gasteiger partial charge is 0.480 e. The van der Waals surface area contributed by atoms with Crippen molar-refractivity contribution in [3.05, 3.63) is 12.2 Å². The number of hydrogen-bond donors (Lipinski definition) is 1. The molecule has 0 aromatic heterocycles. The highest BCUT2D eigenvalue weighted by Gasteiger charge is 2.40. The number of rotatable bonds is 4. The normalized spacial score (nSPS) is 22.9. The van der Waals surface area contributed by atoms with Crippen LogP contribution in [0.25, 0.3) is 0 Å². The van der Waals surface area contributed by atoms with E-state index in [0.29, 0.717) is 19.5 Å². The predicted molar refractivity (Wildman–Crippen MR) is 66.4 cm³/mol. The van der Waals surface area contributed by atoms with Crippen LogP contribution in [0.3, 0.4) is 0 Å². The second kappa shape index (κ2) is 5.86. The fourth-order valence-electron chi connectivity index (χ4n) is 2.11. The van der Waals surface area contributed by atoms with E-state index in [1.165, 1.54) is 16.9 Å². The van der Waals surface area contributed by atoms with E-state index in [2.05, 4.69) is 6.58 Å². The third-order valence-electron chi connectivity index (χ3n) is 2.96. The molecule has 1 rings (SSSR count). The summed E-state index contributed by atoms with van der Waals surface area (Å²) in [6.07, 6.45) is 0.117. The Kier molecular flexibility index (Phi) is 4.72. The number of carboxylic acid groups (broad SMARTS) is 1. The molecule has 2 amide bonds. The van der Waals surface area contributed by atoms with Crippen molar-refractivity contribution < 1.29 is 19.4 Å². The molecular formula is C12H20N2O4. The first-order valence-corrected chi connectivity index (χ1v) is 5.78. The number of carbonyl (C=O) groups excluding carboxylic acids is 1. The van der Waals surface area contributed by atoms with Gasteiger partial charge in [0.25, 0.3) is 0 Å². The summed E-state index contributed by atoms with van der Waals surface area (Å²) in [7, 11) is 3.16. The molecule has 1 aliphatic rings. The number of methoxy groups -OCH3 is 1. The molecule has 0 bridgehead atoms. The van der Waals surface area contributed by atoms with Crippen molar-refractivity contribution in [2.75, 3.05) is 27.2 Å². The van der Waals surface area contributed by atoms with Gasteiger partial charge in [-0.1, -0.05) is 12.2 Å². The van der Waals surface area contributed by atoms with Crippen molar-refractivity contribution in [1.29, 1.82) is 0 Å². The van der Waals surface area contributed by atoms with Gasteiger partial charge in [-0.05, 0) is 6.92 Å². The van der Waals surface area contributed by atoms with Gasteiger partial charge in [0.2, 0.25) is 0 Å². The van der Waals surface area contributed by atoms with Gasteiger partial charge in [0.05, 0.1) is 6.10 Å². The zero-order chi connectivity index (χ0) is 13.9. The van der Waals surface area contributed by atoms with Crippen molar-refractivity contribution in [2.45, 2.75) is 25.5 Å². The molecule has 102 valence electrons. The molecule has 6 heteroatoms. The Morgan fingerprint density at radius 3 is 2.61 bits per heavy atom. The van der Waals surface area contributed by atoms with E-state index < -0.39 is 12.0 Å². The van der Waals surface area contributed by atoms with E-state index in [9.17, 15) is 9.59 Å². The Bertz CT molecular complexity index is 356. The van der Waals surface area contributed by atoms with Gasteiger partial charge in [0.1, 0.15) is 6.04 Å². The summed E-state index contributed by atoms with van der Waals surface area (Å²) in [6.45, 7) is 6.28. The van der Waals surface area contributed by atoms with Crippen molar-refractivity contribution in [2.24, 2.45) is 0 Å². The first-order valence-electron chi connectivity index (χ1n) is 5.78. The van der Waals surface area contributed by atoms with Crippen LogP contribution in [0.5, 0.6) is 0 Å². The molecule has 2 atom stereocenters. The summed E-state index contributed by atoms with van der Waals surface area (Å²) in [5.74, 6) is -0.994. The van der Waals surface area contributed by atoms with Gasteiger partial charge in [0.15, 0.2) is 0 Å². The Morgan fingerprint density at radius 1 is 1.56 bits per heavy atom. The summed E-state index contributed by atoms with van der Waals surface area (Å²) >= 11 is 0. The van der Waals surface area contributed by atoms with E-state index in [1.807, 2.05) is 6.92 Å². The Balaban J connectivity index is 2.76. The highest BCUT2D eigenvalue weighted by atomic mass is 16.5. The van der Waals surface area contributed by atoms with Crippen LogP contribution in [0.15, 0.2) is 12.2 Å². The molecule has 6 nitrogen and oxygen atoms in total. The van der Waals surface area contributed by atoms with E-state index >= 15 is 0 Å². The molecule has 1 heterocycles. The van der Waals surface area contributed by atoms with Gasteiger partial charge in [-0.25, -0.2) is 9.59 Å². The molecule has 1 N–H and O–H groups in total.